The Labute approximate surface area is 106 Å². The number of hydrogen-bond donors (Lipinski definition) is 1. The quantitative estimate of drug-likeness (QED) is 0.588. The minimum Gasteiger partial charge on any atom is -0.390 e. The highest BCUT2D eigenvalue weighted by atomic mass is 16.5. The van der Waals surface area contributed by atoms with Crippen LogP contribution in [-0.4, -0.2) is 23.4 Å². The smallest absolute Gasteiger partial charge is 0.0940 e. The minimum atomic E-state index is -0.360. The van der Waals surface area contributed by atoms with E-state index < -0.39 is 0 Å². The molecule has 0 heterocycles. The molecule has 0 spiro atoms. The second-order valence-corrected chi connectivity index (χ2v) is 4.89. The molecule has 1 rings (SSSR count). The Kier molecular flexibility index (Phi) is 6.62. The van der Waals surface area contributed by atoms with E-state index in [1.54, 1.807) is 0 Å². The van der Waals surface area contributed by atoms with Gasteiger partial charge in [-0.1, -0.05) is 25.7 Å². The molecule has 0 saturated heterocycles. The molecule has 1 aliphatic rings. The molecule has 0 radical (unpaired) electrons. The zero-order valence-electron chi connectivity index (χ0n) is 11.3. The first-order valence-corrected chi connectivity index (χ1v) is 6.97. The standard InChI is InChI=1S/C15H26O2/c1-3-5-8-11-14(16)15(17-4-2)12-9-6-7-10-13-15/h14,16H,4,6-13H2,1-2H3. The lowest BCUT2D eigenvalue weighted by molar-refractivity contribution is -0.130. The van der Waals surface area contributed by atoms with Gasteiger partial charge < -0.3 is 9.84 Å². The fraction of sp³-hybridized carbons (Fsp3) is 0.867. The second-order valence-electron chi connectivity index (χ2n) is 4.89. The van der Waals surface area contributed by atoms with Gasteiger partial charge in [0.15, 0.2) is 0 Å². The van der Waals surface area contributed by atoms with Gasteiger partial charge in [0, 0.05) is 13.0 Å². The predicted molar refractivity (Wildman–Crippen MR) is 70.7 cm³/mol. The van der Waals surface area contributed by atoms with Gasteiger partial charge in [-0.15, -0.1) is 11.8 Å². The Balaban J connectivity index is 2.62. The van der Waals surface area contributed by atoms with Gasteiger partial charge in [-0.3, -0.25) is 0 Å². The average Bonchev–Trinajstić information content (AvgIpc) is 2.56. The Bertz CT molecular complexity index is 254. The largest absolute Gasteiger partial charge is 0.390 e. The van der Waals surface area contributed by atoms with Gasteiger partial charge in [0.1, 0.15) is 0 Å². The third-order valence-corrected chi connectivity index (χ3v) is 3.71. The van der Waals surface area contributed by atoms with E-state index in [4.69, 9.17) is 4.74 Å². The summed E-state index contributed by atoms with van der Waals surface area (Å²) in [5, 5.41) is 10.4. The van der Waals surface area contributed by atoms with Crippen LogP contribution in [0.25, 0.3) is 0 Å². The van der Waals surface area contributed by atoms with E-state index in [9.17, 15) is 5.11 Å². The van der Waals surface area contributed by atoms with Crippen molar-refractivity contribution in [2.45, 2.75) is 76.9 Å². The van der Waals surface area contributed by atoms with Gasteiger partial charge in [0.05, 0.1) is 11.7 Å². The molecule has 1 N–H and O–H groups in total. The zero-order chi connectivity index (χ0) is 12.6. The maximum absolute atomic E-state index is 10.4. The molecule has 1 aliphatic carbocycles. The molecule has 1 unspecified atom stereocenters. The molecule has 0 aliphatic heterocycles. The highest BCUT2D eigenvalue weighted by molar-refractivity contribution is 4.98. The van der Waals surface area contributed by atoms with Crippen LogP contribution in [0.15, 0.2) is 0 Å². The van der Waals surface area contributed by atoms with E-state index in [-0.39, 0.29) is 11.7 Å². The van der Waals surface area contributed by atoms with Crippen molar-refractivity contribution in [2.75, 3.05) is 6.61 Å². The third kappa shape index (κ3) is 4.33. The molecule has 1 saturated carbocycles. The maximum Gasteiger partial charge on any atom is 0.0940 e. The highest BCUT2D eigenvalue weighted by Crippen LogP contribution is 2.35. The molecule has 0 bridgehead atoms. The van der Waals surface area contributed by atoms with Crippen LogP contribution in [-0.2, 0) is 4.74 Å². The molecule has 2 heteroatoms. The van der Waals surface area contributed by atoms with Gasteiger partial charge in [-0.2, -0.15) is 0 Å². The SMILES string of the molecule is CC#CCCC(O)C1(OCC)CCCCCC1. The van der Waals surface area contributed by atoms with Gasteiger partial charge in [-0.25, -0.2) is 0 Å². The topological polar surface area (TPSA) is 29.5 Å². The lowest BCUT2D eigenvalue weighted by atomic mass is 9.85. The summed E-state index contributed by atoms with van der Waals surface area (Å²) < 4.78 is 5.94. The Morgan fingerprint density at radius 2 is 1.88 bits per heavy atom. The van der Waals surface area contributed by atoms with E-state index in [0.29, 0.717) is 6.61 Å². The zero-order valence-corrected chi connectivity index (χ0v) is 11.3. The van der Waals surface area contributed by atoms with Gasteiger partial charge in [0.25, 0.3) is 0 Å². The van der Waals surface area contributed by atoms with Gasteiger partial charge in [-0.05, 0) is 33.1 Å². The van der Waals surface area contributed by atoms with Crippen LogP contribution in [0.2, 0.25) is 0 Å². The Hall–Kier alpha value is -0.520. The number of aliphatic hydroxyl groups is 1. The molecule has 0 aromatic heterocycles. The molecule has 0 aromatic rings. The first kappa shape index (κ1) is 14.5. The van der Waals surface area contributed by atoms with Crippen molar-refractivity contribution in [1.82, 2.24) is 0 Å². The highest BCUT2D eigenvalue weighted by Gasteiger charge is 2.38. The molecule has 1 atom stereocenters. The lowest BCUT2D eigenvalue weighted by Gasteiger charge is -2.37. The number of ether oxygens (including phenoxy) is 1. The summed E-state index contributed by atoms with van der Waals surface area (Å²) in [6.07, 6.45) is 8.05. The molecule has 2 nitrogen and oxygen atoms in total. The number of hydrogen-bond acceptors (Lipinski definition) is 2. The van der Waals surface area contributed by atoms with Crippen LogP contribution >= 0.6 is 0 Å². The Morgan fingerprint density at radius 3 is 2.41 bits per heavy atom. The molecular formula is C15H26O2. The first-order chi connectivity index (χ1) is 8.25. The maximum atomic E-state index is 10.4. The minimum absolute atomic E-state index is 0.291. The first-order valence-electron chi connectivity index (χ1n) is 6.97. The molecule has 0 amide bonds. The van der Waals surface area contributed by atoms with Crippen LogP contribution in [0.3, 0.4) is 0 Å². The molecule has 0 aromatic carbocycles. The van der Waals surface area contributed by atoms with Crippen molar-refractivity contribution in [1.29, 1.82) is 0 Å². The molecule has 1 fully saturated rings. The van der Waals surface area contributed by atoms with Crippen molar-refractivity contribution < 1.29 is 9.84 Å². The van der Waals surface area contributed by atoms with Crippen LogP contribution in [0.5, 0.6) is 0 Å². The van der Waals surface area contributed by atoms with Crippen molar-refractivity contribution in [3.8, 4) is 11.8 Å². The fourth-order valence-electron chi connectivity index (χ4n) is 2.79. The van der Waals surface area contributed by atoms with E-state index in [1.165, 1.54) is 25.7 Å². The molecular weight excluding hydrogens is 212 g/mol. The summed E-state index contributed by atoms with van der Waals surface area (Å²) in [7, 11) is 0. The predicted octanol–water partition coefficient (Wildman–Crippen LogP) is 3.28. The van der Waals surface area contributed by atoms with Crippen molar-refractivity contribution >= 4 is 0 Å². The lowest BCUT2D eigenvalue weighted by Crippen LogP contribution is -2.44. The van der Waals surface area contributed by atoms with Crippen LogP contribution in [0.1, 0.15) is 65.2 Å². The fourth-order valence-corrected chi connectivity index (χ4v) is 2.79. The van der Waals surface area contributed by atoms with Crippen molar-refractivity contribution in [2.24, 2.45) is 0 Å². The summed E-state index contributed by atoms with van der Waals surface area (Å²) in [5.74, 6) is 5.91. The Morgan fingerprint density at radius 1 is 1.24 bits per heavy atom. The summed E-state index contributed by atoms with van der Waals surface area (Å²) in [5.41, 5.74) is -0.291. The van der Waals surface area contributed by atoms with E-state index in [1.807, 2.05) is 13.8 Å². The molecule has 17 heavy (non-hydrogen) atoms. The second kappa shape index (κ2) is 7.74. The normalized spacial score (nSPS) is 21.1. The van der Waals surface area contributed by atoms with Crippen molar-refractivity contribution in [3.05, 3.63) is 0 Å². The van der Waals surface area contributed by atoms with Crippen LogP contribution in [0.4, 0.5) is 0 Å². The number of rotatable bonds is 5. The van der Waals surface area contributed by atoms with E-state index in [0.717, 1.165) is 25.7 Å². The summed E-state index contributed by atoms with van der Waals surface area (Å²) in [4.78, 5) is 0. The monoisotopic (exact) mass is 238 g/mol. The van der Waals surface area contributed by atoms with Crippen LogP contribution < -0.4 is 0 Å². The summed E-state index contributed by atoms with van der Waals surface area (Å²) in [6, 6.07) is 0. The van der Waals surface area contributed by atoms with Gasteiger partial charge in [0.2, 0.25) is 0 Å². The van der Waals surface area contributed by atoms with E-state index >= 15 is 0 Å². The van der Waals surface area contributed by atoms with Gasteiger partial charge >= 0.3 is 0 Å². The average molecular weight is 238 g/mol. The summed E-state index contributed by atoms with van der Waals surface area (Å²) >= 11 is 0. The third-order valence-electron chi connectivity index (χ3n) is 3.71. The van der Waals surface area contributed by atoms with E-state index in [2.05, 4.69) is 11.8 Å². The number of aliphatic hydroxyl groups excluding tert-OH is 1. The summed E-state index contributed by atoms with van der Waals surface area (Å²) in [6.45, 7) is 4.55. The van der Waals surface area contributed by atoms with Crippen LogP contribution in [0, 0.1) is 11.8 Å². The van der Waals surface area contributed by atoms with Crippen molar-refractivity contribution in [3.63, 3.8) is 0 Å². The molecule has 98 valence electrons.